The first-order valence-corrected chi connectivity index (χ1v) is 12.2. The number of hydrogen-bond donors (Lipinski definition) is 0. The summed E-state index contributed by atoms with van der Waals surface area (Å²) >= 11 is 0. The largest absolute Gasteiger partial charge is 0.363 e. The molecule has 0 aliphatic carbocycles. The lowest BCUT2D eigenvalue weighted by Gasteiger charge is -2.43. The smallest absolute Gasteiger partial charge is 0.228 e. The minimum atomic E-state index is -0.454. The van der Waals surface area contributed by atoms with Gasteiger partial charge in [-0.15, -0.1) is 0 Å². The summed E-state index contributed by atoms with van der Waals surface area (Å²) in [4.78, 5) is 36.6. The number of benzene rings is 1. The van der Waals surface area contributed by atoms with Crippen molar-refractivity contribution >= 4 is 17.6 Å². The first kappa shape index (κ1) is 24.2. The number of rotatable bonds is 5. The van der Waals surface area contributed by atoms with Crippen molar-refractivity contribution in [2.24, 2.45) is 5.41 Å². The van der Waals surface area contributed by atoms with Crippen molar-refractivity contribution in [2.75, 3.05) is 45.2 Å². The van der Waals surface area contributed by atoms with E-state index in [2.05, 4.69) is 17.1 Å². The number of carbonyl (C=O) groups excluding carboxylic acids is 2. The maximum Gasteiger partial charge on any atom is 0.228 e. The zero-order chi connectivity index (χ0) is 24.3. The second-order valence-corrected chi connectivity index (χ2v) is 10.2. The highest BCUT2D eigenvalue weighted by atomic mass is 19.1. The van der Waals surface area contributed by atoms with E-state index in [9.17, 15) is 14.0 Å². The molecule has 0 radical (unpaired) electrons. The predicted octanol–water partition coefficient (Wildman–Crippen LogP) is 3.86. The third kappa shape index (κ3) is 5.40. The SMILES string of the molecule is CN(C)c1cc([C@@H]2CCCN(C(=O)C3(C)CCN(C(=O)Cc4cccc(F)c4)CC3)C2)ccn1. The van der Waals surface area contributed by atoms with Crippen LogP contribution in [0.15, 0.2) is 42.6 Å². The van der Waals surface area contributed by atoms with Crippen LogP contribution >= 0.6 is 0 Å². The molecule has 1 aromatic heterocycles. The van der Waals surface area contributed by atoms with Crippen molar-refractivity contribution in [2.45, 2.75) is 44.9 Å². The number of likely N-dealkylation sites (tertiary alicyclic amines) is 2. The number of carbonyl (C=O) groups is 2. The molecule has 7 heteroatoms. The summed E-state index contributed by atoms with van der Waals surface area (Å²) in [5.74, 6) is 1.12. The standard InChI is InChI=1S/C27H35FN4O2/c1-27(10-14-31(15-11-27)25(33)17-20-6-4-8-23(28)16-20)26(34)32-13-5-7-22(19-32)21-9-12-29-24(18-21)30(2)3/h4,6,8-9,12,16,18,22H,5,7,10-11,13-15,17,19H2,1-3H3/t22-/m1/s1. The summed E-state index contributed by atoms with van der Waals surface area (Å²) in [6.07, 6.45) is 5.41. The molecule has 34 heavy (non-hydrogen) atoms. The molecule has 0 N–H and O–H groups in total. The predicted molar refractivity (Wildman–Crippen MR) is 131 cm³/mol. The number of piperidine rings is 2. The van der Waals surface area contributed by atoms with Gasteiger partial charge in [-0.25, -0.2) is 9.37 Å². The lowest BCUT2D eigenvalue weighted by Crippen LogP contribution is -2.52. The molecule has 2 saturated heterocycles. The molecule has 0 saturated carbocycles. The van der Waals surface area contributed by atoms with Gasteiger partial charge in [-0.05, 0) is 61.1 Å². The average molecular weight is 467 g/mol. The van der Waals surface area contributed by atoms with Gasteiger partial charge in [0.25, 0.3) is 0 Å². The molecule has 2 aliphatic heterocycles. The Morgan fingerprint density at radius 3 is 2.59 bits per heavy atom. The Balaban J connectivity index is 1.35. The highest BCUT2D eigenvalue weighted by Gasteiger charge is 2.41. The van der Waals surface area contributed by atoms with E-state index in [0.717, 1.165) is 31.7 Å². The second-order valence-electron chi connectivity index (χ2n) is 10.2. The fraction of sp³-hybridized carbons (Fsp3) is 0.519. The van der Waals surface area contributed by atoms with E-state index in [1.54, 1.807) is 12.1 Å². The monoisotopic (exact) mass is 466 g/mol. The van der Waals surface area contributed by atoms with E-state index >= 15 is 0 Å². The molecule has 2 fully saturated rings. The zero-order valence-electron chi connectivity index (χ0n) is 20.5. The topological polar surface area (TPSA) is 56.8 Å². The number of halogens is 1. The third-order valence-corrected chi connectivity index (χ3v) is 7.39. The van der Waals surface area contributed by atoms with Crippen LogP contribution in [0.1, 0.15) is 49.7 Å². The minimum Gasteiger partial charge on any atom is -0.363 e. The molecular formula is C27H35FN4O2. The second kappa shape index (κ2) is 10.1. The summed E-state index contributed by atoms with van der Waals surface area (Å²) in [7, 11) is 3.97. The molecule has 2 aliphatic rings. The molecule has 2 amide bonds. The highest BCUT2D eigenvalue weighted by Crippen LogP contribution is 2.36. The number of anilines is 1. The van der Waals surface area contributed by atoms with E-state index in [1.165, 1.54) is 17.7 Å². The molecule has 0 spiro atoms. The molecule has 1 aromatic carbocycles. The summed E-state index contributed by atoms with van der Waals surface area (Å²) in [6.45, 7) is 4.69. The Bertz CT molecular complexity index is 1030. The van der Waals surface area contributed by atoms with Gasteiger partial charge in [0.2, 0.25) is 11.8 Å². The molecule has 0 bridgehead atoms. The maximum absolute atomic E-state index is 13.6. The number of pyridine rings is 1. The van der Waals surface area contributed by atoms with E-state index in [-0.39, 0.29) is 24.1 Å². The van der Waals surface area contributed by atoms with Crippen LogP contribution in [0.3, 0.4) is 0 Å². The van der Waals surface area contributed by atoms with Crippen molar-refractivity contribution in [1.82, 2.24) is 14.8 Å². The van der Waals surface area contributed by atoms with Crippen molar-refractivity contribution in [3.05, 3.63) is 59.5 Å². The number of amides is 2. The van der Waals surface area contributed by atoms with Crippen molar-refractivity contribution < 1.29 is 14.0 Å². The maximum atomic E-state index is 13.6. The van der Waals surface area contributed by atoms with E-state index in [0.29, 0.717) is 37.4 Å². The van der Waals surface area contributed by atoms with Crippen LogP contribution in [-0.4, -0.2) is 66.9 Å². The van der Waals surface area contributed by atoms with Gasteiger partial charge in [0.1, 0.15) is 11.6 Å². The first-order chi connectivity index (χ1) is 16.2. The Hall–Kier alpha value is -2.96. The van der Waals surface area contributed by atoms with Gasteiger partial charge in [0, 0.05) is 57.8 Å². The molecule has 4 rings (SSSR count). The normalized spacial score (nSPS) is 20.2. The minimum absolute atomic E-state index is 0.00693. The van der Waals surface area contributed by atoms with Crippen LogP contribution in [0.2, 0.25) is 0 Å². The summed E-state index contributed by atoms with van der Waals surface area (Å²) in [5.41, 5.74) is 1.46. The van der Waals surface area contributed by atoms with Crippen LogP contribution in [-0.2, 0) is 16.0 Å². The quantitative estimate of drug-likeness (QED) is 0.672. The molecule has 1 atom stereocenters. The van der Waals surface area contributed by atoms with Gasteiger partial charge in [-0.2, -0.15) is 0 Å². The molecule has 6 nitrogen and oxygen atoms in total. The van der Waals surface area contributed by atoms with E-state index in [1.807, 2.05) is 41.9 Å². The molecular weight excluding hydrogens is 431 g/mol. The van der Waals surface area contributed by atoms with Crippen molar-refractivity contribution in [3.8, 4) is 0 Å². The van der Waals surface area contributed by atoms with Crippen LogP contribution in [0.5, 0.6) is 0 Å². The van der Waals surface area contributed by atoms with Crippen LogP contribution < -0.4 is 4.90 Å². The summed E-state index contributed by atoms with van der Waals surface area (Å²) in [5, 5.41) is 0. The fourth-order valence-electron chi connectivity index (χ4n) is 5.14. The van der Waals surface area contributed by atoms with Crippen LogP contribution in [0.25, 0.3) is 0 Å². The van der Waals surface area contributed by atoms with Crippen LogP contribution in [0, 0.1) is 11.2 Å². The Morgan fingerprint density at radius 1 is 1.12 bits per heavy atom. The van der Waals surface area contributed by atoms with Gasteiger partial charge < -0.3 is 14.7 Å². The lowest BCUT2D eigenvalue weighted by molar-refractivity contribution is -0.148. The molecule has 3 heterocycles. The van der Waals surface area contributed by atoms with Crippen molar-refractivity contribution in [1.29, 1.82) is 0 Å². The van der Waals surface area contributed by atoms with Gasteiger partial charge in [0.15, 0.2) is 0 Å². The Morgan fingerprint density at radius 2 is 1.88 bits per heavy atom. The number of hydrogen-bond acceptors (Lipinski definition) is 4. The first-order valence-electron chi connectivity index (χ1n) is 12.2. The van der Waals surface area contributed by atoms with E-state index in [4.69, 9.17) is 0 Å². The molecule has 0 unspecified atom stereocenters. The Kier molecular flexibility index (Phi) is 7.19. The highest BCUT2D eigenvalue weighted by molar-refractivity contribution is 5.84. The number of nitrogens with zero attached hydrogens (tertiary/aromatic N) is 4. The fourth-order valence-corrected chi connectivity index (χ4v) is 5.14. The third-order valence-electron chi connectivity index (χ3n) is 7.39. The number of aromatic nitrogens is 1. The van der Waals surface area contributed by atoms with E-state index < -0.39 is 5.41 Å². The van der Waals surface area contributed by atoms with Crippen molar-refractivity contribution in [3.63, 3.8) is 0 Å². The van der Waals surface area contributed by atoms with Crippen LogP contribution in [0.4, 0.5) is 10.2 Å². The zero-order valence-corrected chi connectivity index (χ0v) is 20.5. The Labute approximate surface area is 201 Å². The van der Waals surface area contributed by atoms with Gasteiger partial charge in [-0.3, -0.25) is 9.59 Å². The summed E-state index contributed by atoms with van der Waals surface area (Å²) < 4.78 is 13.4. The molecule has 2 aromatic rings. The van der Waals surface area contributed by atoms with Gasteiger partial charge in [0.05, 0.1) is 6.42 Å². The molecule has 182 valence electrons. The van der Waals surface area contributed by atoms with Gasteiger partial charge >= 0.3 is 0 Å². The lowest BCUT2D eigenvalue weighted by atomic mass is 9.78. The average Bonchev–Trinajstić information content (AvgIpc) is 2.84. The van der Waals surface area contributed by atoms with Gasteiger partial charge in [-0.1, -0.05) is 19.1 Å². The summed E-state index contributed by atoms with van der Waals surface area (Å²) in [6, 6.07) is 10.4.